The molecule has 0 saturated heterocycles. The van der Waals surface area contributed by atoms with Crippen molar-refractivity contribution in [2.45, 2.75) is 0 Å². The van der Waals surface area contributed by atoms with Gasteiger partial charge in [-0.15, -0.1) is 0 Å². The van der Waals surface area contributed by atoms with E-state index < -0.39 is 5.82 Å². The lowest BCUT2D eigenvalue weighted by molar-refractivity contribution is -0.105. The van der Waals surface area contributed by atoms with Crippen molar-refractivity contribution in [3.63, 3.8) is 0 Å². The third kappa shape index (κ3) is 2.22. The molecule has 68 valence electrons. The average molecular weight is 198 g/mol. The van der Waals surface area contributed by atoms with Gasteiger partial charge in [0.15, 0.2) is 0 Å². The fraction of sp³-hybridized carbons (Fsp3) is 0. The predicted octanol–water partition coefficient (Wildman–Crippen LogP) is 1.03. The number of hydrogen-bond acceptors (Lipinski definition) is 2. The molecule has 13 heavy (non-hydrogen) atoms. The van der Waals surface area contributed by atoms with E-state index in [1.165, 1.54) is 18.2 Å². The van der Waals surface area contributed by atoms with Crippen LogP contribution in [0.3, 0.4) is 0 Å². The molecule has 3 N–H and O–H groups in total. The first kappa shape index (κ1) is 9.60. The first-order chi connectivity index (χ1) is 6.15. The smallest absolute Gasteiger partial charge is 0.211 e. The van der Waals surface area contributed by atoms with Gasteiger partial charge in [0, 0.05) is 5.56 Å². The first-order valence-electron chi connectivity index (χ1n) is 3.44. The van der Waals surface area contributed by atoms with Gasteiger partial charge in [-0.2, -0.15) is 0 Å². The van der Waals surface area contributed by atoms with Crippen LogP contribution in [0.15, 0.2) is 18.2 Å². The SMILES string of the molecule is NC(=S)c1cc(F)ccc1NC=O. The van der Waals surface area contributed by atoms with Gasteiger partial charge in [0.25, 0.3) is 0 Å². The van der Waals surface area contributed by atoms with Crippen molar-refractivity contribution >= 4 is 29.3 Å². The number of carbonyl (C=O) groups is 1. The summed E-state index contributed by atoms with van der Waals surface area (Å²) in [7, 11) is 0. The average Bonchev–Trinajstić information content (AvgIpc) is 2.08. The lowest BCUT2D eigenvalue weighted by atomic mass is 10.2. The quantitative estimate of drug-likeness (QED) is 0.563. The van der Waals surface area contributed by atoms with Crippen molar-refractivity contribution in [2.75, 3.05) is 5.32 Å². The highest BCUT2D eigenvalue weighted by Gasteiger charge is 2.05. The third-order valence-corrected chi connectivity index (χ3v) is 1.68. The maximum atomic E-state index is 12.7. The topological polar surface area (TPSA) is 55.1 Å². The second-order valence-electron chi connectivity index (χ2n) is 2.32. The molecule has 0 atom stereocenters. The molecule has 0 spiro atoms. The Bertz CT molecular complexity index is 354. The number of hydrogen-bond donors (Lipinski definition) is 2. The van der Waals surface area contributed by atoms with Crippen LogP contribution < -0.4 is 11.1 Å². The number of anilines is 1. The Hall–Kier alpha value is -1.49. The highest BCUT2D eigenvalue weighted by molar-refractivity contribution is 7.80. The molecule has 0 aliphatic heterocycles. The molecule has 1 amide bonds. The molecule has 1 aromatic carbocycles. The Kier molecular flexibility index (Phi) is 2.92. The number of halogens is 1. The normalized spacial score (nSPS) is 9.31. The minimum absolute atomic E-state index is 0.0452. The number of amides is 1. The van der Waals surface area contributed by atoms with Gasteiger partial charge in [0.05, 0.1) is 5.69 Å². The van der Waals surface area contributed by atoms with Crippen LogP contribution in [-0.4, -0.2) is 11.4 Å². The molecule has 5 heteroatoms. The maximum absolute atomic E-state index is 12.7. The van der Waals surface area contributed by atoms with E-state index in [1.54, 1.807) is 0 Å². The Morgan fingerprint density at radius 2 is 2.31 bits per heavy atom. The van der Waals surface area contributed by atoms with Gasteiger partial charge in [-0.3, -0.25) is 4.79 Å². The van der Waals surface area contributed by atoms with Crippen LogP contribution in [0.5, 0.6) is 0 Å². The maximum Gasteiger partial charge on any atom is 0.211 e. The standard InChI is InChI=1S/C8H7FN2OS/c9-5-1-2-7(11-4-12)6(3-5)8(10)13/h1-4H,(H2,10,13)(H,11,12). The summed E-state index contributed by atoms with van der Waals surface area (Å²) in [5, 5.41) is 2.37. The van der Waals surface area contributed by atoms with Crippen molar-refractivity contribution < 1.29 is 9.18 Å². The van der Waals surface area contributed by atoms with Crippen LogP contribution in [0.25, 0.3) is 0 Å². The van der Waals surface area contributed by atoms with E-state index in [-0.39, 0.29) is 4.99 Å². The molecule has 0 bridgehead atoms. The highest BCUT2D eigenvalue weighted by Crippen LogP contribution is 2.15. The van der Waals surface area contributed by atoms with Crippen molar-refractivity contribution in [2.24, 2.45) is 5.73 Å². The summed E-state index contributed by atoms with van der Waals surface area (Å²) in [5.41, 5.74) is 6.05. The summed E-state index contributed by atoms with van der Waals surface area (Å²) >= 11 is 4.68. The Balaban J connectivity index is 3.17. The lowest BCUT2D eigenvalue weighted by Gasteiger charge is -2.05. The van der Waals surface area contributed by atoms with Gasteiger partial charge < -0.3 is 11.1 Å². The second-order valence-corrected chi connectivity index (χ2v) is 2.76. The fourth-order valence-corrected chi connectivity index (χ4v) is 1.08. The molecule has 1 aromatic rings. The molecule has 1 rings (SSSR count). The molecule has 3 nitrogen and oxygen atoms in total. The number of carbonyl (C=O) groups excluding carboxylic acids is 1. The van der Waals surface area contributed by atoms with E-state index in [0.29, 0.717) is 17.7 Å². The summed E-state index contributed by atoms with van der Waals surface area (Å²) in [6.45, 7) is 0. The summed E-state index contributed by atoms with van der Waals surface area (Å²) in [4.78, 5) is 10.2. The molecule has 0 aliphatic rings. The lowest BCUT2D eigenvalue weighted by Crippen LogP contribution is -2.13. The molecule has 0 aromatic heterocycles. The van der Waals surface area contributed by atoms with Crippen LogP contribution in [0, 0.1) is 5.82 Å². The zero-order valence-electron chi connectivity index (χ0n) is 6.58. The Morgan fingerprint density at radius 3 is 2.85 bits per heavy atom. The van der Waals surface area contributed by atoms with Crippen LogP contribution in [0.4, 0.5) is 10.1 Å². The highest BCUT2D eigenvalue weighted by atomic mass is 32.1. The number of rotatable bonds is 3. The molecular formula is C8H7FN2OS. The van der Waals surface area contributed by atoms with E-state index in [0.717, 1.165) is 0 Å². The molecule has 0 radical (unpaired) electrons. The van der Waals surface area contributed by atoms with Gasteiger partial charge in [0.1, 0.15) is 10.8 Å². The number of nitrogens with one attached hydrogen (secondary N) is 1. The van der Waals surface area contributed by atoms with Gasteiger partial charge >= 0.3 is 0 Å². The molecule has 0 unspecified atom stereocenters. The van der Waals surface area contributed by atoms with Gasteiger partial charge in [-0.05, 0) is 18.2 Å². The van der Waals surface area contributed by atoms with Crippen LogP contribution >= 0.6 is 12.2 Å². The first-order valence-corrected chi connectivity index (χ1v) is 3.85. The summed E-state index contributed by atoms with van der Waals surface area (Å²) in [5.74, 6) is -0.445. The van der Waals surface area contributed by atoms with Gasteiger partial charge in [-0.25, -0.2) is 4.39 Å². The summed E-state index contributed by atoms with van der Waals surface area (Å²) in [6, 6.07) is 3.79. The minimum Gasteiger partial charge on any atom is -0.389 e. The molecule has 0 saturated carbocycles. The second kappa shape index (κ2) is 3.95. The van der Waals surface area contributed by atoms with E-state index in [4.69, 9.17) is 5.73 Å². The van der Waals surface area contributed by atoms with Crippen LogP contribution in [-0.2, 0) is 4.79 Å². The van der Waals surface area contributed by atoms with E-state index in [9.17, 15) is 9.18 Å². The zero-order chi connectivity index (χ0) is 9.84. The van der Waals surface area contributed by atoms with Gasteiger partial charge in [0.2, 0.25) is 6.41 Å². The van der Waals surface area contributed by atoms with Crippen LogP contribution in [0.2, 0.25) is 0 Å². The molecular weight excluding hydrogens is 191 g/mol. The van der Waals surface area contributed by atoms with E-state index in [2.05, 4.69) is 17.5 Å². The van der Waals surface area contributed by atoms with E-state index >= 15 is 0 Å². The van der Waals surface area contributed by atoms with Crippen molar-refractivity contribution in [3.8, 4) is 0 Å². The molecule has 0 fully saturated rings. The van der Waals surface area contributed by atoms with Crippen molar-refractivity contribution in [1.82, 2.24) is 0 Å². The number of thiocarbonyl (C=S) groups is 1. The van der Waals surface area contributed by atoms with Crippen molar-refractivity contribution in [1.29, 1.82) is 0 Å². The van der Waals surface area contributed by atoms with Crippen molar-refractivity contribution in [3.05, 3.63) is 29.6 Å². The summed E-state index contributed by atoms with van der Waals surface area (Å²) in [6.07, 6.45) is 0.481. The predicted molar refractivity (Wildman–Crippen MR) is 52.0 cm³/mol. The number of nitrogens with two attached hydrogens (primary N) is 1. The zero-order valence-corrected chi connectivity index (χ0v) is 7.40. The molecule has 0 heterocycles. The minimum atomic E-state index is -0.445. The Labute approximate surface area is 79.7 Å². The fourth-order valence-electron chi connectivity index (χ4n) is 0.910. The largest absolute Gasteiger partial charge is 0.389 e. The van der Waals surface area contributed by atoms with Crippen LogP contribution in [0.1, 0.15) is 5.56 Å². The van der Waals surface area contributed by atoms with Gasteiger partial charge in [-0.1, -0.05) is 12.2 Å². The third-order valence-electron chi connectivity index (χ3n) is 1.46. The number of benzene rings is 1. The Morgan fingerprint density at radius 1 is 1.62 bits per heavy atom. The summed E-state index contributed by atoms with van der Waals surface area (Å²) < 4.78 is 12.7. The van der Waals surface area contributed by atoms with E-state index in [1.807, 2.05) is 0 Å². The molecule has 0 aliphatic carbocycles. The monoisotopic (exact) mass is 198 g/mol.